The highest BCUT2D eigenvalue weighted by Gasteiger charge is 2.13. The van der Waals surface area contributed by atoms with Gasteiger partial charge in [0.1, 0.15) is 0 Å². The van der Waals surface area contributed by atoms with Crippen molar-refractivity contribution in [3.63, 3.8) is 0 Å². The van der Waals surface area contributed by atoms with Crippen LogP contribution in [0.3, 0.4) is 0 Å². The number of fused-ring (bicyclic) bond motifs is 1. The van der Waals surface area contributed by atoms with E-state index in [4.69, 9.17) is 0 Å². The fourth-order valence-corrected chi connectivity index (χ4v) is 1.31. The Labute approximate surface area is 77.8 Å². The maximum Gasteiger partial charge on any atom is 0.266 e. The first-order chi connectivity index (χ1) is 6.72. The molecule has 3 nitrogen and oxygen atoms in total. The van der Waals surface area contributed by atoms with Gasteiger partial charge in [0, 0.05) is 5.56 Å². The molecule has 1 aromatic carbocycles. The summed E-state index contributed by atoms with van der Waals surface area (Å²) in [6.45, 7) is 0. The molecule has 14 heavy (non-hydrogen) atoms. The molecule has 0 radical (unpaired) electrons. The van der Waals surface area contributed by atoms with Crippen molar-refractivity contribution < 1.29 is 13.6 Å². The van der Waals surface area contributed by atoms with Crippen LogP contribution in [0.1, 0.15) is 22.6 Å². The molecule has 1 heterocycles. The summed E-state index contributed by atoms with van der Waals surface area (Å²) in [5, 5.41) is 0. The number of benzene rings is 1. The van der Waals surface area contributed by atoms with Crippen LogP contribution >= 0.6 is 0 Å². The molecule has 72 valence electrons. The Kier molecular flexibility index (Phi) is 1.99. The van der Waals surface area contributed by atoms with Crippen molar-refractivity contribution >= 4 is 17.3 Å². The third kappa shape index (κ3) is 1.26. The molecule has 1 aromatic heterocycles. The van der Waals surface area contributed by atoms with E-state index in [1.165, 1.54) is 12.1 Å². The molecule has 0 amide bonds. The van der Waals surface area contributed by atoms with E-state index >= 15 is 0 Å². The van der Waals surface area contributed by atoms with Crippen molar-refractivity contribution in [3.8, 4) is 0 Å². The molecule has 0 aliphatic carbocycles. The van der Waals surface area contributed by atoms with Crippen molar-refractivity contribution in [2.24, 2.45) is 0 Å². The van der Waals surface area contributed by atoms with Crippen LogP contribution in [-0.4, -0.2) is 16.3 Å². The average Bonchev–Trinajstić information content (AvgIpc) is 2.59. The van der Waals surface area contributed by atoms with E-state index in [-0.39, 0.29) is 16.9 Å². The first-order valence-corrected chi connectivity index (χ1v) is 3.94. The van der Waals surface area contributed by atoms with Crippen molar-refractivity contribution in [1.29, 1.82) is 0 Å². The number of alkyl halides is 2. The number of aromatic amines is 1. The molecule has 0 bridgehead atoms. The van der Waals surface area contributed by atoms with Crippen LogP contribution in [0.2, 0.25) is 0 Å². The van der Waals surface area contributed by atoms with Crippen LogP contribution in [0.25, 0.3) is 11.0 Å². The SMILES string of the molecule is O=Cc1nc2c(C(F)F)cccc2[nH]1. The monoisotopic (exact) mass is 196 g/mol. The second-order valence-electron chi connectivity index (χ2n) is 2.78. The summed E-state index contributed by atoms with van der Waals surface area (Å²) in [4.78, 5) is 16.8. The first-order valence-electron chi connectivity index (χ1n) is 3.94. The van der Waals surface area contributed by atoms with Gasteiger partial charge in [-0.05, 0) is 6.07 Å². The van der Waals surface area contributed by atoms with Crippen LogP contribution in [0, 0.1) is 0 Å². The minimum Gasteiger partial charge on any atom is -0.336 e. The number of aromatic nitrogens is 2. The number of halogens is 2. The quantitative estimate of drug-likeness (QED) is 0.749. The molecule has 0 aliphatic rings. The third-order valence-corrected chi connectivity index (χ3v) is 1.91. The van der Waals surface area contributed by atoms with E-state index in [2.05, 4.69) is 9.97 Å². The van der Waals surface area contributed by atoms with Gasteiger partial charge in [-0.3, -0.25) is 4.79 Å². The lowest BCUT2D eigenvalue weighted by Crippen LogP contribution is -1.86. The molecule has 0 fully saturated rings. The number of imidazole rings is 1. The number of rotatable bonds is 2. The number of nitrogens with zero attached hydrogens (tertiary/aromatic N) is 1. The fraction of sp³-hybridized carbons (Fsp3) is 0.111. The maximum atomic E-state index is 12.5. The van der Waals surface area contributed by atoms with E-state index in [9.17, 15) is 13.6 Å². The predicted molar refractivity (Wildman–Crippen MR) is 46.4 cm³/mol. The Morgan fingerprint density at radius 3 is 2.86 bits per heavy atom. The predicted octanol–water partition coefficient (Wildman–Crippen LogP) is 2.31. The number of aldehydes is 1. The van der Waals surface area contributed by atoms with Gasteiger partial charge >= 0.3 is 0 Å². The molecule has 0 atom stereocenters. The van der Waals surface area contributed by atoms with E-state index in [1.807, 2.05) is 0 Å². The number of para-hydroxylation sites is 1. The van der Waals surface area contributed by atoms with E-state index in [0.29, 0.717) is 11.8 Å². The Bertz CT molecular complexity index is 479. The second-order valence-corrected chi connectivity index (χ2v) is 2.78. The van der Waals surface area contributed by atoms with Gasteiger partial charge in [-0.1, -0.05) is 12.1 Å². The summed E-state index contributed by atoms with van der Waals surface area (Å²) in [5.74, 6) is 0.0631. The number of hydrogen-bond acceptors (Lipinski definition) is 2. The number of nitrogens with one attached hydrogen (secondary N) is 1. The Morgan fingerprint density at radius 2 is 2.21 bits per heavy atom. The van der Waals surface area contributed by atoms with Gasteiger partial charge in [0.2, 0.25) is 0 Å². The van der Waals surface area contributed by atoms with Crippen molar-refractivity contribution in [3.05, 3.63) is 29.6 Å². The van der Waals surface area contributed by atoms with Gasteiger partial charge in [0.05, 0.1) is 11.0 Å². The highest BCUT2D eigenvalue weighted by atomic mass is 19.3. The molecule has 0 aliphatic heterocycles. The molecule has 2 aromatic rings. The summed E-state index contributed by atoms with van der Waals surface area (Å²) < 4.78 is 24.9. The summed E-state index contributed by atoms with van der Waals surface area (Å²) in [6.07, 6.45) is -2.09. The maximum absolute atomic E-state index is 12.5. The van der Waals surface area contributed by atoms with Crippen LogP contribution in [-0.2, 0) is 0 Å². The highest BCUT2D eigenvalue weighted by Crippen LogP contribution is 2.25. The lowest BCUT2D eigenvalue weighted by molar-refractivity contribution is 0.111. The zero-order valence-electron chi connectivity index (χ0n) is 7.00. The lowest BCUT2D eigenvalue weighted by Gasteiger charge is -1.98. The molecule has 0 spiro atoms. The molecule has 0 saturated carbocycles. The summed E-state index contributed by atoms with van der Waals surface area (Å²) >= 11 is 0. The number of H-pyrrole nitrogens is 1. The van der Waals surface area contributed by atoms with Crippen LogP contribution in [0.4, 0.5) is 8.78 Å². The largest absolute Gasteiger partial charge is 0.336 e. The molecule has 2 rings (SSSR count). The smallest absolute Gasteiger partial charge is 0.266 e. The standard InChI is InChI=1S/C9H6F2N2O/c10-9(11)5-2-1-3-6-8(5)13-7(4-14)12-6/h1-4,9H,(H,12,13). The third-order valence-electron chi connectivity index (χ3n) is 1.91. The lowest BCUT2D eigenvalue weighted by atomic mass is 10.2. The Hall–Kier alpha value is -1.78. The number of hydrogen-bond donors (Lipinski definition) is 1. The molecule has 0 saturated heterocycles. The first kappa shape index (κ1) is 8.80. The van der Waals surface area contributed by atoms with Crippen molar-refractivity contribution in [2.75, 3.05) is 0 Å². The van der Waals surface area contributed by atoms with Crippen molar-refractivity contribution in [1.82, 2.24) is 9.97 Å². The van der Waals surface area contributed by atoms with Gasteiger partial charge in [0.15, 0.2) is 12.1 Å². The zero-order valence-corrected chi connectivity index (χ0v) is 7.00. The van der Waals surface area contributed by atoms with Gasteiger partial charge < -0.3 is 4.98 Å². The van der Waals surface area contributed by atoms with Gasteiger partial charge in [-0.15, -0.1) is 0 Å². The van der Waals surface area contributed by atoms with Crippen LogP contribution in [0.5, 0.6) is 0 Å². The number of carbonyl (C=O) groups is 1. The summed E-state index contributed by atoms with van der Waals surface area (Å²) in [6, 6.07) is 4.39. The molecular weight excluding hydrogens is 190 g/mol. The van der Waals surface area contributed by atoms with E-state index in [0.717, 1.165) is 0 Å². The minimum absolute atomic E-state index is 0.0631. The van der Waals surface area contributed by atoms with E-state index in [1.54, 1.807) is 6.07 Å². The average molecular weight is 196 g/mol. The van der Waals surface area contributed by atoms with Gasteiger partial charge in [-0.2, -0.15) is 0 Å². The molecule has 0 unspecified atom stereocenters. The number of carbonyl (C=O) groups excluding carboxylic acids is 1. The summed E-state index contributed by atoms with van der Waals surface area (Å²) in [5.41, 5.74) is 0.446. The Morgan fingerprint density at radius 1 is 1.43 bits per heavy atom. The molecular formula is C9H6F2N2O. The minimum atomic E-state index is -2.58. The highest BCUT2D eigenvalue weighted by molar-refractivity contribution is 5.84. The van der Waals surface area contributed by atoms with Gasteiger partial charge in [0.25, 0.3) is 6.43 Å². The molecule has 5 heteroatoms. The molecule has 1 N–H and O–H groups in total. The van der Waals surface area contributed by atoms with E-state index < -0.39 is 6.43 Å². The van der Waals surface area contributed by atoms with Crippen LogP contribution < -0.4 is 0 Å². The Balaban J connectivity index is 2.72. The topological polar surface area (TPSA) is 45.8 Å². The fourth-order valence-electron chi connectivity index (χ4n) is 1.31. The zero-order chi connectivity index (χ0) is 10.1. The van der Waals surface area contributed by atoms with Gasteiger partial charge in [-0.25, -0.2) is 13.8 Å². The normalized spacial score (nSPS) is 11.1. The summed E-state index contributed by atoms with van der Waals surface area (Å²) in [7, 11) is 0. The second kappa shape index (κ2) is 3.17. The van der Waals surface area contributed by atoms with Crippen molar-refractivity contribution in [2.45, 2.75) is 6.43 Å². The van der Waals surface area contributed by atoms with Crippen LogP contribution in [0.15, 0.2) is 18.2 Å².